The molecule has 0 amide bonds. The maximum Gasteiger partial charge on any atom is 0.207 e. The predicted molar refractivity (Wildman–Crippen MR) is 104 cm³/mol. The summed E-state index contributed by atoms with van der Waals surface area (Å²) < 4.78 is 2.30. The van der Waals surface area contributed by atoms with Crippen LogP contribution in [0.25, 0.3) is 11.0 Å². The average molecular weight is 345 g/mol. The van der Waals surface area contributed by atoms with Crippen molar-refractivity contribution in [3.8, 4) is 6.07 Å². The van der Waals surface area contributed by atoms with E-state index in [1.165, 1.54) is 0 Å². The Kier molecular flexibility index (Phi) is 4.36. The molecule has 2 aromatic carbocycles. The molecule has 0 saturated carbocycles. The molecule has 26 heavy (non-hydrogen) atoms. The van der Waals surface area contributed by atoms with Crippen LogP contribution in [-0.4, -0.2) is 28.7 Å². The Balaban J connectivity index is 1.81. The molecule has 1 aliphatic heterocycles. The van der Waals surface area contributed by atoms with Gasteiger partial charge in [-0.3, -0.25) is 0 Å². The molecule has 2 N–H and O–H groups in total. The third kappa shape index (κ3) is 2.93. The molecule has 2 heterocycles. The molecule has 0 radical (unpaired) electrons. The topological polar surface area (TPSA) is 70.9 Å². The number of rotatable bonds is 3. The molecular weight excluding hydrogens is 322 g/mol. The molecule has 1 unspecified atom stereocenters. The zero-order valence-corrected chi connectivity index (χ0v) is 15.0. The van der Waals surface area contributed by atoms with Crippen LogP contribution in [0.3, 0.4) is 0 Å². The van der Waals surface area contributed by atoms with E-state index in [1.54, 1.807) is 0 Å². The summed E-state index contributed by atoms with van der Waals surface area (Å²) in [5.74, 6) is 0.984. The minimum Gasteiger partial charge on any atom is -0.341 e. The van der Waals surface area contributed by atoms with Gasteiger partial charge in [-0.25, -0.2) is 4.98 Å². The lowest BCUT2D eigenvalue weighted by Gasteiger charge is -2.33. The molecule has 132 valence electrons. The smallest absolute Gasteiger partial charge is 0.207 e. The Bertz CT molecular complexity index is 951. The van der Waals surface area contributed by atoms with E-state index in [0.29, 0.717) is 5.56 Å². The van der Waals surface area contributed by atoms with Crippen molar-refractivity contribution < 1.29 is 0 Å². The van der Waals surface area contributed by atoms with Crippen LogP contribution in [0.4, 0.5) is 5.95 Å². The van der Waals surface area contributed by atoms with Gasteiger partial charge in [-0.1, -0.05) is 24.3 Å². The summed E-state index contributed by atoms with van der Waals surface area (Å²) in [7, 11) is 0. The van der Waals surface area contributed by atoms with Gasteiger partial charge in [-0.2, -0.15) is 5.26 Å². The molecule has 5 heteroatoms. The third-order valence-corrected chi connectivity index (χ3v) is 5.23. The highest BCUT2D eigenvalue weighted by molar-refractivity contribution is 5.79. The minimum absolute atomic E-state index is 0.114. The lowest BCUT2D eigenvalue weighted by molar-refractivity contribution is 0.490. The number of piperidine rings is 1. The van der Waals surface area contributed by atoms with Crippen LogP contribution >= 0.6 is 0 Å². The Morgan fingerprint density at radius 1 is 1.19 bits per heavy atom. The lowest BCUT2D eigenvalue weighted by Crippen LogP contribution is -2.44. The second-order valence-corrected chi connectivity index (χ2v) is 7.03. The summed E-state index contributed by atoms with van der Waals surface area (Å²) in [4.78, 5) is 7.25. The fraction of sp³-hybridized carbons (Fsp3) is 0.333. The number of fused-ring (bicyclic) bond motifs is 1. The molecule has 5 nitrogen and oxygen atoms in total. The molecule has 3 aromatic rings. The molecule has 4 rings (SSSR count). The summed E-state index contributed by atoms with van der Waals surface area (Å²) in [6.07, 6.45) is 2.16. The van der Waals surface area contributed by atoms with E-state index >= 15 is 0 Å². The van der Waals surface area contributed by atoms with Crippen LogP contribution < -0.4 is 10.6 Å². The number of nitrogens with zero attached hydrogens (tertiary/aromatic N) is 4. The summed E-state index contributed by atoms with van der Waals surface area (Å²) in [5.41, 5.74) is 10.2. The van der Waals surface area contributed by atoms with E-state index in [4.69, 9.17) is 16.0 Å². The number of imidazole rings is 1. The van der Waals surface area contributed by atoms with E-state index in [9.17, 15) is 0 Å². The third-order valence-electron chi connectivity index (χ3n) is 5.23. The SMILES string of the molecule is C[C@H](c1ccc(C#N)cc1)n1c(N2CCCC(N)C2)nc2ccccc21. The lowest BCUT2D eigenvalue weighted by atomic mass is 10.1. The maximum atomic E-state index is 9.05. The second-order valence-electron chi connectivity index (χ2n) is 7.03. The summed E-state index contributed by atoms with van der Waals surface area (Å²) in [6.45, 7) is 4.00. The molecule has 1 aliphatic rings. The Hall–Kier alpha value is -2.84. The number of nitrogens with two attached hydrogens (primary N) is 1. The van der Waals surface area contributed by atoms with Crippen molar-refractivity contribution in [1.29, 1.82) is 5.26 Å². The molecular formula is C21H23N5. The molecule has 1 saturated heterocycles. The normalized spacial score (nSPS) is 18.7. The Morgan fingerprint density at radius 3 is 2.69 bits per heavy atom. The molecule has 0 aliphatic carbocycles. The molecule has 0 spiro atoms. The van der Waals surface area contributed by atoms with Crippen molar-refractivity contribution >= 4 is 17.0 Å². The van der Waals surface area contributed by atoms with Gasteiger partial charge in [0.05, 0.1) is 28.7 Å². The fourth-order valence-electron chi connectivity index (χ4n) is 3.81. The van der Waals surface area contributed by atoms with Gasteiger partial charge in [0, 0.05) is 19.1 Å². The van der Waals surface area contributed by atoms with Crippen LogP contribution in [0.2, 0.25) is 0 Å². The fourth-order valence-corrected chi connectivity index (χ4v) is 3.81. The van der Waals surface area contributed by atoms with Crippen LogP contribution in [0.1, 0.15) is 36.9 Å². The first-order valence-corrected chi connectivity index (χ1v) is 9.15. The summed E-state index contributed by atoms with van der Waals surface area (Å²) in [5, 5.41) is 9.05. The first-order valence-electron chi connectivity index (χ1n) is 9.15. The van der Waals surface area contributed by atoms with Crippen molar-refractivity contribution in [3.63, 3.8) is 0 Å². The van der Waals surface area contributed by atoms with Gasteiger partial charge in [0.1, 0.15) is 0 Å². The number of para-hydroxylation sites is 2. The van der Waals surface area contributed by atoms with E-state index in [1.807, 2.05) is 30.3 Å². The summed E-state index contributed by atoms with van der Waals surface area (Å²) in [6, 6.07) is 18.6. The molecule has 1 fully saturated rings. The van der Waals surface area contributed by atoms with Crippen LogP contribution in [0.15, 0.2) is 48.5 Å². The van der Waals surface area contributed by atoms with Gasteiger partial charge in [-0.15, -0.1) is 0 Å². The molecule has 2 atom stereocenters. The van der Waals surface area contributed by atoms with Gasteiger partial charge in [0.2, 0.25) is 5.95 Å². The van der Waals surface area contributed by atoms with E-state index < -0.39 is 0 Å². The van der Waals surface area contributed by atoms with Crippen molar-refractivity contribution in [2.24, 2.45) is 5.73 Å². The van der Waals surface area contributed by atoms with E-state index in [2.05, 4.69) is 40.7 Å². The van der Waals surface area contributed by atoms with E-state index in [-0.39, 0.29) is 12.1 Å². The highest BCUT2D eigenvalue weighted by Gasteiger charge is 2.25. The minimum atomic E-state index is 0.114. The van der Waals surface area contributed by atoms with Crippen molar-refractivity contribution in [1.82, 2.24) is 9.55 Å². The number of nitriles is 1. The average Bonchev–Trinajstić information content (AvgIpc) is 3.07. The van der Waals surface area contributed by atoms with Crippen LogP contribution in [-0.2, 0) is 0 Å². The molecule has 0 bridgehead atoms. The van der Waals surface area contributed by atoms with Crippen molar-refractivity contribution in [2.45, 2.75) is 31.8 Å². The first-order chi connectivity index (χ1) is 12.7. The van der Waals surface area contributed by atoms with Gasteiger partial charge in [-0.05, 0) is 49.6 Å². The Labute approximate surface area is 153 Å². The standard InChI is InChI=1S/C21H23N5/c1-15(17-10-8-16(13-22)9-11-17)26-20-7-3-2-6-19(20)24-21(26)25-12-4-5-18(23)14-25/h2-3,6-11,15,18H,4-5,12,14,23H2,1H3/t15-,18?/m1/s1. The quantitative estimate of drug-likeness (QED) is 0.789. The van der Waals surface area contributed by atoms with Crippen LogP contribution in [0, 0.1) is 11.3 Å². The van der Waals surface area contributed by atoms with E-state index in [0.717, 1.165) is 48.5 Å². The molecule has 1 aromatic heterocycles. The number of benzene rings is 2. The highest BCUT2D eigenvalue weighted by atomic mass is 15.3. The number of hydrogen-bond acceptors (Lipinski definition) is 4. The Morgan fingerprint density at radius 2 is 1.96 bits per heavy atom. The van der Waals surface area contributed by atoms with Gasteiger partial charge in [0.25, 0.3) is 0 Å². The monoisotopic (exact) mass is 345 g/mol. The summed E-state index contributed by atoms with van der Waals surface area (Å²) >= 11 is 0. The number of aromatic nitrogens is 2. The maximum absolute atomic E-state index is 9.05. The van der Waals surface area contributed by atoms with Crippen LogP contribution in [0.5, 0.6) is 0 Å². The second kappa shape index (κ2) is 6.81. The zero-order chi connectivity index (χ0) is 18.1. The number of anilines is 1. The largest absolute Gasteiger partial charge is 0.341 e. The first kappa shape index (κ1) is 16.6. The predicted octanol–water partition coefficient (Wildman–Crippen LogP) is 3.44. The van der Waals surface area contributed by atoms with Gasteiger partial charge < -0.3 is 15.2 Å². The van der Waals surface area contributed by atoms with Crippen molar-refractivity contribution in [3.05, 3.63) is 59.7 Å². The van der Waals surface area contributed by atoms with Gasteiger partial charge in [0.15, 0.2) is 0 Å². The van der Waals surface area contributed by atoms with Crippen molar-refractivity contribution in [2.75, 3.05) is 18.0 Å². The van der Waals surface area contributed by atoms with Gasteiger partial charge >= 0.3 is 0 Å². The highest BCUT2D eigenvalue weighted by Crippen LogP contribution is 2.31. The number of hydrogen-bond donors (Lipinski definition) is 1. The zero-order valence-electron chi connectivity index (χ0n) is 15.0.